The maximum absolute atomic E-state index is 11.3. The zero-order valence-electron chi connectivity index (χ0n) is 11.6. The first-order valence-electron chi connectivity index (χ1n) is 6.26. The average molecular weight is 295 g/mol. The van der Waals surface area contributed by atoms with Crippen LogP contribution in [-0.2, 0) is 30.6 Å². The smallest absolute Gasteiger partial charge is 0.307 e. The van der Waals surface area contributed by atoms with Gasteiger partial charge < -0.3 is 9.84 Å². The number of ether oxygens (including phenoxy) is 1. The molecule has 1 atom stereocenters. The van der Waals surface area contributed by atoms with Crippen LogP contribution in [0.4, 0.5) is 0 Å². The van der Waals surface area contributed by atoms with Crippen LogP contribution in [0.15, 0.2) is 30.3 Å². The standard InChI is InChI=1S/C14H17NO6/c1-20-14(19)8-12(7-13(17)18)15(10-16)21-9-11-5-3-2-4-6-11/h2-6,10,12H,7-9H2,1H3,(H,17,18)/t12-/m0/s1. The Morgan fingerprint density at radius 1 is 1.29 bits per heavy atom. The van der Waals surface area contributed by atoms with Crippen molar-refractivity contribution in [3.8, 4) is 0 Å². The number of hydroxylamine groups is 2. The van der Waals surface area contributed by atoms with Crippen LogP contribution in [0.5, 0.6) is 0 Å². The molecule has 114 valence electrons. The van der Waals surface area contributed by atoms with Gasteiger partial charge in [-0.25, -0.2) is 5.06 Å². The number of rotatable bonds is 9. The van der Waals surface area contributed by atoms with E-state index >= 15 is 0 Å². The van der Waals surface area contributed by atoms with Crippen LogP contribution in [0.25, 0.3) is 0 Å². The van der Waals surface area contributed by atoms with Crippen LogP contribution in [0, 0.1) is 0 Å². The minimum absolute atomic E-state index is 0.0941. The molecule has 1 amide bonds. The Bertz CT molecular complexity index is 476. The lowest BCUT2D eigenvalue weighted by Crippen LogP contribution is -2.37. The third-order valence-corrected chi connectivity index (χ3v) is 2.73. The van der Waals surface area contributed by atoms with E-state index in [0.29, 0.717) is 6.41 Å². The first-order chi connectivity index (χ1) is 10.1. The summed E-state index contributed by atoms with van der Waals surface area (Å²) in [7, 11) is 1.19. The molecule has 7 heteroatoms. The molecule has 0 radical (unpaired) electrons. The number of methoxy groups -OCH3 is 1. The third kappa shape index (κ3) is 6.05. The number of nitrogens with zero attached hydrogens (tertiary/aromatic N) is 1. The molecule has 21 heavy (non-hydrogen) atoms. The van der Waals surface area contributed by atoms with E-state index in [0.717, 1.165) is 10.6 Å². The fraction of sp³-hybridized carbons (Fsp3) is 0.357. The second-order valence-electron chi connectivity index (χ2n) is 4.26. The molecule has 0 saturated heterocycles. The molecule has 0 aliphatic carbocycles. The van der Waals surface area contributed by atoms with Gasteiger partial charge in [-0.3, -0.25) is 19.2 Å². The summed E-state index contributed by atoms with van der Waals surface area (Å²) in [5.74, 6) is -1.75. The van der Waals surface area contributed by atoms with Crippen molar-refractivity contribution in [2.24, 2.45) is 0 Å². The number of carbonyl (C=O) groups is 3. The molecule has 0 saturated carbocycles. The van der Waals surface area contributed by atoms with Crippen molar-refractivity contribution in [1.29, 1.82) is 0 Å². The predicted octanol–water partition coefficient (Wildman–Crippen LogP) is 0.983. The van der Waals surface area contributed by atoms with Crippen molar-refractivity contribution in [3.63, 3.8) is 0 Å². The van der Waals surface area contributed by atoms with Gasteiger partial charge in [-0.05, 0) is 5.56 Å². The quantitative estimate of drug-likeness (QED) is 0.415. The Morgan fingerprint density at radius 3 is 2.48 bits per heavy atom. The molecule has 1 aromatic carbocycles. The highest BCUT2D eigenvalue weighted by Crippen LogP contribution is 2.11. The number of hydrogen-bond donors (Lipinski definition) is 1. The number of amides is 1. The molecule has 0 aliphatic heterocycles. The SMILES string of the molecule is COC(=O)C[C@H](CC(=O)O)N(C=O)OCc1ccccc1. The van der Waals surface area contributed by atoms with Gasteiger partial charge in [-0.1, -0.05) is 30.3 Å². The molecule has 0 aliphatic rings. The summed E-state index contributed by atoms with van der Waals surface area (Å²) in [6, 6.07) is 8.15. The highest BCUT2D eigenvalue weighted by Gasteiger charge is 2.25. The maximum atomic E-state index is 11.3. The van der Waals surface area contributed by atoms with E-state index in [1.54, 1.807) is 12.1 Å². The highest BCUT2D eigenvalue weighted by molar-refractivity contribution is 5.73. The summed E-state index contributed by atoms with van der Waals surface area (Å²) in [6.07, 6.45) is -0.307. The highest BCUT2D eigenvalue weighted by atomic mass is 16.7. The summed E-state index contributed by atoms with van der Waals surface area (Å²) < 4.78 is 4.49. The van der Waals surface area contributed by atoms with E-state index < -0.39 is 24.4 Å². The number of hydrogen-bond acceptors (Lipinski definition) is 5. The van der Waals surface area contributed by atoms with Crippen LogP contribution in [0.1, 0.15) is 18.4 Å². The zero-order chi connectivity index (χ0) is 15.7. The van der Waals surface area contributed by atoms with Crippen LogP contribution in [-0.4, -0.2) is 41.7 Å². The fourth-order valence-corrected chi connectivity index (χ4v) is 1.67. The molecule has 0 spiro atoms. The van der Waals surface area contributed by atoms with Crippen molar-refractivity contribution in [3.05, 3.63) is 35.9 Å². The molecular weight excluding hydrogens is 278 g/mol. The second kappa shape index (κ2) is 8.70. The van der Waals surface area contributed by atoms with Gasteiger partial charge in [0, 0.05) is 0 Å². The summed E-state index contributed by atoms with van der Waals surface area (Å²) in [5.41, 5.74) is 0.816. The van der Waals surface area contributed by atoms with E-state index in [-0.39, 0.29) is 13.0 Å². The minimum atomic E-state index is -1.14. The molecule has 1 N–H and O–H groups in total. The molecule has 0 bridgehead atoms. The van der Waals surface area contributed by atoms with Gasteiger partial charge in [-0.15, -0.1) is 0 Å². The molecule has 1 rings (SSSR count). The summed E-state index contributed by atoms with van der Waals surface area (Å²) in [6.45, 7) is 0.0941. The average Bonchev–Trinajstić information content (AvgIpc) is 2.48. The Kier molecular flexibility index (Phi) is 6.90. The molecule has 1 aromatic rings. The van der Waals surface area contributed by atoms with Crippen molar-refractivity contribution < 1.29 is 29.1 Å². The van der Waals surface area contributed by atoms with E-state index in [9.17, 15) is 14.4 Å². The maximum Gasteiger partial charge on any atom is 0.307 e. The van der Waals surface area contributed by atoms with Crippen molar-refractivity contribution >= 4 is 18.3 Å². The van der Waals surface area contributed by atoms with Gasteiger partial charge in [-0.2, -0.15) is 0 Å². The predicted molar refractivity (Wildman–Crippen MR) is 71.8 cm³/mol. The molecule has 0 unspecified atom stereocenters. The molecule has 0 heterocycles. The van der Waals surface area contributed by atoms with Crippen LogP contribution in [0.2, 0.25) is 0 Å². The number of aliphatic carboxylic acids is 1. The van der Waals surface area contributed by atoms with Gasteiger partial charge in [0.05, 0.1) is 26.0 Å². The molecular formula is C14H17NO6. The van der Waals surface area contributed by atoms with Crippen molar-refractivity contribution in [2.45, 2.75) is 25.5 Å². The Hall–Kier alpha value is -2.41. The second-order valence-corrected chi connectivity index (χ2v) is 4.26. The topological polar surface area (TPSA) is 93.1 Å². The van der Waals surface area contributed by atoms with E-state index in [4.69, 9.17) is 9.94 Å². The third-order valence-electron chi connectivity index (χ3n) is 2.73. The van der Waals surface area contributed by atoms with Gasteiger partial charge >= 0.3 is 11.9 Å². The molecule has 0 aromatic heterocycles. The largest absolute Gasteiger partial charge is 0.481 e. The van der Waals surface area contributed by atoms with Crippen LogP contribution >= 0.6 is 0 Å². The Labute approximate surface area is 122 Å². The zero-order valence-corrected chi connectivity index (χ0v) is 11.6. The lowest BCUT2D eigenvalue weighted by Gasteiger charge is -2.25. The van der Waals surface area contributed by atoms with E-state index in [1.807, 2.05) is 18.2 Å². The van der Waals surface area contributed by atoms with E-state index in [1.165, 1.54) is 7.11 Å². The number of carboxylic acids is 1. The van der Waals surface area contributed by atoms with Gasteiger partial charge in [0.1, 0.15) is 6.61 Å². The normalized spacial score (nSPS) is 11.5. The molecule has 7 nitrogen and oxygen atoms in total. The van der Waals surface area contributed by atoms with Gasteiger partial charge in [0.2, 0.25) is 6.41 Å². The van der Waals surface area contributed by atoms with Crippen molar-refractivity contribution in [1.82, 2.24) is 5.06 Å². The van der Waals surface area contributed by atoms with Gasteiger partial charge in [0.15, 0.2) is 0 Å². The van der Waals surface area contributed by atoms with Gasteiger partial charge in [0.25, 0.3) is 0 Å². The van der Waals surface area contributed by atoms with E-state index in [2.05, 4.69) is 4.74 Å². The summed E-state index contributed by atoms with van der Waals surface area (Å²) in [4.78, 5) is 38.5. The molecule has 0 fully saturated rings. The number of carboxylic acid groups (broad SMARTS) is 1. The number of carbonyl (C=O) groups excluding carboxylic acids is 2. The van der Waals surface area contributed by atoms with Crippen molar-refractivity contribution in [2.75, 3.05) is 7.11 Å². The van der Waals surface area contributed by atoms with Crippen LogP contribution in [0.3, 0.4) is 0 Å². The lowest BCUT2D eigenvalue weighted by atomic mass is 10.1. The fourth-order valence-electron chi connectivity index (χ4n) is 1.67. The monoisotopic (exact) mass is 295 g/mol. The van der Waals surface area contributed by atoms with Crippen LogP contribution < -0.4 is 0 Å². The number of benzene rings is 1. The first-order valence-corrected chi connectivity index (χ1v) is 6.26. The Balaban J connectivity index is 2.68. The first kappa shape index (κ1) is 16.6. The number of esters is 1. The Morgan fingerprint density at radius 2 is 1.95 bits per heavy atom. The minimum Gasteiger partial charge on any atom is -0.481 e. The lowest BCUT2D eigenvalue weighted by molar-refractivity contribution is -0.197. The summed E-state index contributed by atoms with van der Waals surface area (Å²) in [5, 5.41) is 9.69. The summed E-state index contributed by atoms with van der Waals surface area (Å²) >= 11 is 0.